The van der Waals surface area contributed by atoms with E-state index in [0.29, 0.717) is 0 Å². The van der Waals surface area contributed by atoms with Gasteiger partial charge >= 0.3 is 0 Å². The van der Waals surface area contributed by atoms with E-state index in [9.17, 15) is 0 Å². The van der Waals surface area contributed by atoms with Crippen molar-refractivity contribution in [2.45, 2.75) is 57.9 Å². The van der Waals surface area contributed by atoms with Gasteiger partial charge in [0, 0.05) is 28.2 Å². The van der Waals surface area contributed by atoms with Crippen molar-refractivity contribution in [3.63, 3.8) is 0 Å². The second-order valence-electron chi connectivity index (χ2n) is 16.1. The van der Waals surface area contributed by atoms with Crippen LogP contribution in [0.15, 0.2) is 164 Å². The first-order chi connectivity index (χ1) is 28.2. The number of fused-ring (bicyclic) bond motifs is 13. The Morgan fingerprint density at radius 2 is 1.19 bits per heavy atom. The Bertz CT molecular complexity index is 3030. The van der Waals surface area contributed by atoms with Crippen LogP contribution in [0.3, 0.4) is 0 Å². The van der Waals surface area contributed by atoms with Crippen molar-refractivity contribution >= 4 is 60.7 Å². The van der Waals surface area contributed by atoms with Crippen LogP contribution in [0.25, 0.3) is 66.1 Å². The lowest BCUT2D eigenvalue weighted by Gasteiger charge is -2.31. The van der Waals surface area contributed by atoms with Crippen LogP contribution in [0.1, 0.15) is 67.0 Å². The van der Waals surface area contributed by atoms with Crippen molar-refractivity contribution in [3.8, 4) is 16.8 Å². The Kier molecular flexibility index (Phi) is 8.14. The highest BCUT2D eigenvalue weighted by Crippen LogP contribution is 2.54. The molecule has 2 aliphatic rings. The van der Waals surface area contributed by atoms with E-state index < -0.39 is 0 Å². The molecule has 0 saturated heterocycles. The molecule has 276 valence electrons. The second-order valence-corrected chi connectivity index (χ2v) is 16.1. The van der Waals surface area contributed by atoms with Crippen LogP contribution in [0.5, 0.6) is 0 Å². The van der Waals surface area contributed by atoms with Crippen LogP contribution in [-0.4, -0.2) is 10.6 Å². The third-order valence-electron chi connectivity index (χ3n) is 12.8. The zero-order valence-electron chi connectivity index (χ0n) is 32.8. The highest BCUT2D eigenvalue weighted by Gasteiger charge is 2.43. The molecule has 1 aliphatic carbocycles. The van der Waals surface area contributed by atoms with Crippen LogP contribution < -0.4 is 4.90 Å². The molecule has 8 aromatic carbocycles. The number of aryl methyl sites for hydroxylation is 2. The summed E-state index contributed by atoms with van der Waals surface area (Å²) in [5.74, 6) is 0.179. The number of para-hydroxylation sites is 3. The van der Waals surface area contributed by atoms with Gasteiger partial charge in [-0.2, -0.15) is 0 Å². The number of nitrogens with zero attached hydrogens (tertiary/aromatic N) is 2. The maximum absolute atomic E-state index is 2.62. The lowest BCUT2D eigenvalue weighted by molar-refractivity contribution is 0.726. The molecule has 0 saturated carbocycles. The van der Waals surface area contributed by atoms with Crippen molar-refractivity contribution in [1.82, 2.24) is 4.57 Å². The number of anilines is 2. The molecule has 0 bridgehead atoms. The van der Waals surface area contributed by atoms with Gasteiger partial charge in [0.15, 0.2) is 0 Å². The monoisotopic (exact) mass is 734 g/mol. The third kappa shape index (κ3) is 5.31. The van der Waals surface area contributed by atoms with Crippen LogP contribution in [0, 0.1) is 0 Å². The number of aromatic nitrogens is 1. The molecular weight excluding hydrogens is 689 g/mol. The standard InChI is InChI=1S/C55H46N2/c1-3-5-16-37-27-29-43-44-30-28-39(35-48(44)42-21-7-6-20-41(42)47(43)34-37)56-50-25-12-9-22-45(50)54-52(56)31-32-53-55(54)46-23-10-13-26-51(46)57(53)49-24-11-8-19-40(49)38-18-14-17-36(33-38)15-4-2/h6-14,17-35,52,54H,3-5,15-16H2,1-2H3. The zero-order valence-corrected chi connectivity index (χ0v) is 32.8. The minimum Gasteiger partial charge on any atom is -0.333 e. The first-order valence-electron chi connectivity index (χ1n) is 21.0. The molecule has 0 radical (unpaired) electrons. The average Bonchev–Trinajstić information content (AvgIpc) is 3.78. The Morgan fingerprint density at radius 1 is 0.509 bits per heavy atom. The van der Waals surface area contributed by atoms with Gasteiger partial charge in [-0.25, -0.2) is 0 Å². The molecule has 9 aromatic rings. The lowest BCUT2D eigenvalue weighted by atomic mass is 9.82. The zero-order chi connectivity index (χ0) is 38.0. The topological polar surface area (TPSA) is 8.17 Å². The number of hydrogen-bond donors (Lipinski definition) is 0. The van der Waals surface area contributed by atoms with E-state index in [4.69, 9.17) is 0 Å². The van der Waals surface area contributed by atoms with E-state index in [0.717, 1.165) is 19.3 Å². The molecule has 0 N–H and O–H groups in total. The van der Waals surface area contributed by atoms with Gasteiger partial charge in [0.25, 0.3) is 0 Å². The minimum absolute atomic E-state index is 0.139. The Labute approximate surface area is 335 Å². The van der Waals surface area contributed by atoms with Crippen molar-refractivity contribution < 1.29 is 0 Å². The SMILES string of the molecule is CCCCc1ccc2c3ccc(N4c5ccccc5C5c6c(n(-c7ccccc7-c7cccc(CCC)c7)c7ccccc67)C=CC54)cc3c3ccccc3c2c1. The van der Waals surface area contributed by atoms with Crippen molar-refractivity contribution in [2.24, 2.45) is 0 Å². The number of unbranched alkanes of at least 4 members (excludes halogenated alkanes) is 1. The molecule has 2 heteroatoms. The van der Waals surface area contributed by atoms with Gasteiger partial charge in [-0.05, 0) is 116 Å². The molecule has 1 aromatic heterocycles. The fourth-order valence-corrected chi connectivity index (χ4v) is 10.3. The van der Waals surface area contributed by atoms with Crippen molar-refractivity contribution in [3.05, 3.63) is 192 Å². The molecule has 0 spiro atoms. The summed E-state index contributed by atoms with van der Waals surface area (Å²) >= 11 is 0. The van der Waals surface area contributed by atoms with Crippen LogP contribution in [0.4, 0.5) is 11.4 Å². The maximum Gasteiger partial charge on any atom is 0.0637 e. The summed E-state index contributed by atoms with van der Waals surface area (Å²) in [4.78, 5) is 2.62. The maximum atomic E-state index is 2.62. The van der Waals surface area contributed by atoms with E-state index in [1.54, 1.807) is 0 Å². The second kappa shape index (κ2) is 13.7. The lowest BCUT2D eigenvalue weighted by Crippen LogP contribution is -2.30. The van der Waals surface area contributed by atoms with E-state index in [-0.39, 0.29) is 12.0 Å². The molecule has 2 nitrogen and oxygen atoms in total. The number of rotatable bonds is 8. The van der Waals surface area contributed by atoms with Crippen molar-refractivity contribution in [2.75, 3.05) is 4.90 Å². The summed E-state index contributed by atoms with van der Waals surface area (Å²) in [6, 6.07) is 59.9. The highest BCUT2D eigenvalue weighted by molar-refractivity contribution is 6.26. The van der Waals surface area contributed by atoms with Crippen LogP contribution in [-0.2, 0) is 12.8 Å². The summed E-state index contributed by atoms with van der Waals surface area (Å²) in [5, 5.41) is 9.32. The quantitative estimate of drug-likeness (QED) is 0.141. The van der Waals surface area contributed by atoms with Gasteiger partial charge in [-0.3, -0.25) is 0 Å². The minimum atomic E-state index is 0.139. The Balaban J connectivity index is 1.09. The summed E-state index contributed by atoms with van der Waals surface area (Å²) < 4.78 is 2.53. The first-order valence-corrected chi connectivity index (χ1v) is 21.0. The normalized spacial score (nSPS) is 15.8. The number of benzene rings is 8. The third-order valence-corrected chi connectivity index (χ3v) is 12.8. The predicted molar refractivity (Wildman–Crippen MR) is 244 cm³/mol. The fraction of sp³-hybridized carbons (Fsp3) is 0.164. The molecule has 2 atom stereocenters. The predicted octanol–water partition coefficient (Wildman–Crippen LogP) is 14.7. The van der Waals surface area contributed by atoms with Crippen LogP contribution >= 0.6 is 0 Å². The van der Waals surface area contributed by atoms with E-state index in [2.05, 4.69) is 193 Å². The molecule has 57 heavy (non-hydrogen) atoms. The summed E-state index contributed by atoms with van der Waals surface area (Å²) in [6.07, 6.45) is 10.7. The largest absolute Gasteiger partial charge is 0.333 e. The van der Waals surface area contributed by atoms with Gasteiger partial charge in [-0.15, -0.1) is 0 Å². The van der Waals surface area contributed by atoms with Gasteiger partial charge in [-0.1, -0.05) is 160 Å². The average molecular weight is 735 g/mol. The molecular formula is C55H46N2. The van der Waals surface area contributed by atoms with Gasteiger partial charge in [0.2, 0.25) is 0 Å². The number of hydrogen-bond acceptors (Lipinski definition) is 1. The Hall–Kier alpha value is -6.38. The first kappa shape index (κ1) is 33.9. The molecule has 0 amide bonds. The van der Waals surface area contributed by atoms with Crippen LogP contribution in [0.2, 0.25) is 0 Å². The van der Waals surface area contributed by atoms with Gasteiger partial charge in [0.05, 0.1) is 22.9 Å². The molecule has 2 heterocycles. The summed E-state index contributed by atoms with van der Waals surface area (Å²) in [5.41, 5.74) is 14.4. The van der Waals surface area contributed by atoms with E-state index in [1.165, 1.54) is 112 Å². The smallest absolute Gasteiger partial charge is 0.0637 e. The fourth-order valence-electron chi connectivity index (χ4n) is 10.3. The molecule has 1 aliphatic heterocycles. The van der Waals surface area contributed by atoms with E-state index in [1.807, 2.05) is 0 Å². The van der Waals surface area contributed by atoms with Gasteiger partial charge < -0.3 is 9.47 Å². The van der Waals surface area contributed by atoms with E-state index >= 15 is 0 Å². The Morgan fingerprint density at radius 3 is 2.02 bits per heavy atom. The van der Waals surface area contributed by atoms with Crippen molar-refractivity contribution in [1.29, 1.82) is 0 Å². The molecule has 11 rings (SSSR count). The highest BCUT2D eigenvalue weighted by atomic mass is 15.2. The van der Waals surface area contributed by atoms with Gasteiger partial charge in [0.1, 0.15) is 0 Å². The molecule has 0 fully saturated rings. The summed E-state index contributed by atoms with van der Waals surface area (Å²) in [7, 11) is 0. The summed E-state index contributed by atoms with van der Waals surface area (Å²) in [6.45, 7) is 4.53. The molecule has 2 unspecified atom stereocenters.